The number of amides is 2. The number of sulfonamides is 1. The standard InChI is InChI=1S/C15H28N4O4S/c1-24(22,23)19-9-7-18(8-10-19)15(21)12-17-6-2-3-13(11-17)4-5-14(16)20/h13H,2-12H2,1H3,(H2,16,20). The lowest BCUT2D eigenvalue weighted by Gasteiger charge is -2.36. The molecule has 0 spiro atoms. The summed E-state index contributed by atoms with van der Waals surface area (Å²) in [5.41, 5.74) is 5.20. The summed E-state index contributed by atoms with van der Waals surface area (Å²) in [7, 11) is -3.18. The summed E-state index contributed by atoms with van der Waals surface area (Å²) >= 11 is 0. The molecule has 2 rings (SSSR count). The zero-order valence-corrected chi connectivity index (χ0v) is 15.1. The van der Waals surface area contributed by atoms with Crippen LogP contribution in [-0.2, 0) is 19.6 Å². The highest BCUT2D eigenvalue weighted by Crippen LogP contribution is 2.21. The summed E-state index contributed by atoms with van der Waals surface area (Å²) in [6.45, 7) is 3.71. The molecule has 1 unspecified atom stereocenters. The third-order valence-electron chi connectivity index (χ3n) is 4.82. The van der Waals surface area contributed by atoms with Gasteiger partial charge in [0.1, 0.15) is 0 Å². The van der Waals surface area contributed by atoms with E-state index in [4.69, 9.17) is 5.73 Å². The van der Waals surface area contributed by atoms with E-state index in [9.17, 15) is 18.0 Å². The molecule has 1 atom stereocenters. The van der Waals surface area contributed by atoms with Gasteiger partial charge in [-0.25, -0.2) is 8.42 Å². The molecule has 2 heterocycles. The number of piperidine rings is 1. The smallest absolute Gasteiger partial charge is 0.236 e. The Morgan fingerprint density at radius 3 is 2.38 bits per heavy atom. The molecule has 2 fully saturated rings. The van der Waals surface area contributed by atoms with Crippen molar-refractivity contribution in [3.05, 3.63) is 0 Å². The zero-order chi connectivity index (χ0) is 17.7. The number of nitrogens with two attached hydrogens (primary N) is 1. The van der Waals surface area contributed by atoms with Gasteiger partial charge in [0.25, 0.3) is 0 Å². The van der Waals surface area contributed by atoms with Gasteiger partial charge in [-0.1, -0.05) is 0 Å². The van der Waals surface area contributed by atoms with Crippen molar-refractivity contribution in [1.29, 1.82) is 0 Å². The van der Waals surface area contributed by atoms with Crippen molar-refractivity contribution in [2.45, 2.75) is 25.7 Å². The van der Waals surface area contributed by atoms with Crippen molar-refractivity contribution in [2.24, 2.45) is 11.7 Å². The molecule has 0 bridgehead atoms. The molecule has 0 aromatic heterocycles. The number of piperazine rings is 1. The number of primary amides is 1. The van der Waals surface area contributed by atoms with Crippen LogP contribution < -0.4 is 5.73 Å². The Hall–Kier alpha value is -1.19. The SMILES string of the molecule is CS(=O)(=O)N1CCN(C(=O)CN2CCCC(CCC(N)=O)C2)CC1. The number of hydrogen-bond donors (Lipinski definition) is 1. The van der Waals surface area contributed by atoms with Crippen molar-refractivity contribution >= 4 is 21.8 Å². The summed E-state index contributed by atoms with van der Waals surface area (Å²) in [4.78, 5) is 27.2. The normalized spacial score (nSPS) is 24.0. The Labute approximate surface area is 144 Å². The zero-order valence-electron chi connectivity index (χ0n) is 14.3. The van der Waals surface area contributed by atoms with Gasteiger partial charge in [-0.2, -0.15) is 4.31 Å². The van der Waals surface area contributed by atoms with Crippen molar-refractivity contribution in [1.82, 2.24) is 14.1 Å². The fourth-order valence-corrected chi connectivity index (χ4v) is 4.26. The molecule has 2 amide bonds. The van der Waals surface area contributed by atoms with Gasteiger partial charge in [0.15, 0.2) is 0 Å². The number of rotatable bonds is 6. The Kier molecular flexibility index (Phi) is 6.59. The minimum Gasteiger partial charge on any atom is -0.370 e. The molecular weight excluding hydrogens is 332 g/mol. The Morgan fingerprint density at radius 1 is 1.12 bits per heavy atom. The average molecular weight is 360 g/mol. The van der Waals surface area contributed by atoms with E-state index in [1.165, 1.54) is 10.6 Å². The van der Waals surface area contributed by atoms with Crippen molar-refractivity contribution in [3.8, 4) is 0 Å². The van der Waals surface area contributed by atoms with Crippen molar-refractivity contribution in [2.75, 3.05) is 52.1 Å². The lowest BCUT2D eigenvalue weighted by Crippen LogP contribution is -2.53. The summed E-state index contributed by atoms with van der Waals surface area (Å²) in [5, 5.41) is 0. The molecule has 2 N–H and O–H groups in total. The molecule has 0 aliphatic carbocycles. The average Bonchev–Trinajstić information content (AvgIpc) is 2.52. The minimum absolute atomic E-state index is 0.0544. The van der Waals surface area contributed by atoms with Crippen LogP contribution in [0.3, 0.4) is 0 Å². The van der Waals surface area contributed by atoms with E-state index in [-0.39, 0.29) is 11.8 Å². The van der Waals surface area contributed by atoms with Gasteiger partial charge in [-0.15, -0.1) is 0 Å². The second kappa shape index (κ2) is 8.26. The highest BCUT2D eigenvalue weighted by molar-refractivity contribution is 7.88. The van der Waals surface area contributed by atoms with Crippen LogP contribution in [0.15, 0.2) is 0 Å². The van der Waals surface area contributed by atoms with Crippen LogP contribution in [0.5, 0.6) is 0 Å². The van der Waals surface area contributed by atoms with Crippen LogP contribution in [0, 0.1) is 5.92 Å². The topological polar surface area (TPSA) is 104 Å². The van der Waals surface area contributed by atoms with Gasteiger partial charge in [0, 0.05) is 39.1 Å². The first-order chi connectivity index (χ1) is 11.3. The van der Waals surface area contributed by atoms with E-state index in [1.807, 2.05) is 0 Å². The Balaban J connectivity index is 1.77. The van der Waals surface area contributed by atoms with Crippen LogP contribution in [-0.4, -0.2) is 86.4 Å². The van der Waals surface area contributed by atoms with Gasteiger partial charge in [0.05, 0.1) is 12.8 Å². The molecule has 0 aromatic carbocycles. The molecule has 2 saturated heterocycles. The lowest BCUT2D eigenvalue weighted by atomic mass is 9.93. The maximum atomic E-state index is 12.4. The van der Waals surface area contributed by atoms with Crippen molar-refractivity contribution in [3.63, 3.8) is 0 Å². The van der Waals surface area contributed by atoms with E-state index < -0.39 is 10.0 Å². The predicted octanol–water partition coefficient (Wildman–Crippen LogP) is -0.932. The van der Waals surface area contributed by atoms with E-state index in [2.05, 4.69) is 4.90 Å². The fourth-order valence-electron chi connectivity index (χ4n) is 3.44. The second-order valence-corrected chi connectivity index (χ2v) is 8.77. The molecule has 0 aromatic rings. The number of nitrogens with zero attached hydrogens (tertiary/aromatic N) is 3. The molecule has 8 nitrogen and oxygen atoms in total. The van der Waals surface area contributed by atoms with Gasteiger partial charge in [-0.3, -0.25) is 14.5 Å². The van der Waals surface area contributed by atoms with Crippen LogP contribution in [0.4, 0.5) is 0 Å². The maximum Gasteiger partial charge on any atom is 0.236 e. The highest BCUT2D eigenvalue weighted by Gasteiger charge is 2.28. The number of carbonyl (C=O) groups excluding carboxylic acids is 2. The largest absolute Gasteiger partial charge is 0.370 e. The number of hydrogen-bond acceptors (Lipinski definition) is 5. The van der Waals surface area contributed by atoms with Crippen molar-refractivity contribution < 1.29 is 18.0 Å². The van der Waals surface area contributed by atoms with Crippen LogP contribution >= 0.6 is 0 Å². The molecule has 0 saturated carbocycles. The summed E-state index contributed by atoms with van der Waals surface area (Å²) < 4.78 is 24.4. The summed E-state index contributed by atoms with van der Waals surface area (Å²) in [5.74, 6) is 0.201. The minimum atomic E-state index is -3.18. The van der Waals surface area contributed by atoms with E-state index in [0.29, 0.717) is 45.1 Å². The monoisotopic (exact) mass is 360 g/mol. The molecule has 0 radical (unpaired) electrons. The fraction of sp³-hybridized carbons (Fsp3) is 0.867. The summed E-state index contributed by atoms with van der Waals surface area (Å²) in [6.07, 6.45) is 4.49. The lowest BCUT2D eigenvalue weighted by molar-refractivity contribution is -0.134. The third-order valence-corrected chi connectivity index (χ3v) is 6.12. The quantitative estimate of drug-likeness (QED) is 0.659. The highest BCUT2D eigenvalue weighted by atomic mass is 32.2. The van der Waals surface area contributed by atoms with E-state index in [0.717, 1.165) is 32.4 Å². The predicted molar refractivity (Wildman–Crippen MR) is 90.6 cm³/mol. The third kappa shape index (κ3) is 5.71. The maximum absolute atomic E-state index is 12.4. The first kappa shape index (κ1) is 19.1. The van der Waals surface area contributed by atoms with Crippen LogP contribution in [0.1, 0.15) is 25.7 Å². The van der Waals surface area contributed by atoms with Gasteiger partial charge in [-0.05, 0) is 31.7 Å². The molecule has 138 valence electrons. The van der Waals surface area contributed by atoms with E-state index >= 15 is 0 Å². The van der Waals surface area contributed by atoms with Gasteiger partial charge < -0.3 is 10.6 Å². The van der Waals surface area contributed by atoms with Crippen LogP contribution in [0.25, 0.3) is 0 Å². The molecule has 9 heteroatoms. The molecular formula is C15H28N4O4S. The Bertz CT molecular complexity index is 558. The molecule has 24 heavy (non-hydrogen) atoms. The number of carbonyl (C=O) groups is 2. The second-order valence-electron chi connectivity index (χ2n) is 6.79. The summed E-state index contributed by atoms with van der Waals surface area (Å²) in [6, 6.07) is 0. The molecule has 2 aliphatic rings. The first-order valence-electron chi connectivity index (χ1n) is 8.49. The van der Waals surface area contributed by atoms with E-state index in [1.54, 1.807) is 4.90 Å². The van der Waals surface area contributed by atoms with Gasteiger partial charge in [0.2, 0.25) is 21.8 Å². The number of likely N-dealkylation sites (tertiary alicyclic amines) is 1. The van der Waals surface area contributed by atoms with Crippen LogP contribution in [0.2, 0.25) is 0 Å². The van der Waals surface area contributed by atoms with Gasteiger partial charge >= 0.3 is 0 Å². The first-order valence-corrected chi connectivity index (χ1v) is 10.3. The molecule has 2 aliphatic heterocycles. The Morgan fingerprint density at radius 2 is 1.79 bits per heavy atom.